The predicted octanol–water partition coefficient (Wildman–Crippen LogP) is 2.88. The molecule has 0 unspecified atom stereocenters. The van der Waals surface area contributed by atoms with Crippen molar-refractivity contribution in [3.63, 3.8) is 0 Å². The Morgan fingerprint density at radius 1 is 1.21 bits per heavy atom. The van der Waals surface area contributed by atoms with Crippen molar-refractivity contribution in [2.45, 2.75) is 32.4 Å². The zero-order valence-electron chi connectivity index (χ0n) is 13.7. The van der Waals surface area contributed by atoms with Crippen molar-refractivity contribution >= 4 is 17.5 Å². The van der Waals surface area contributed by atoms with Gasteiger partial charge in [-0.05, 0) is 49.6 Å². The van der Waals surface area contributed by atoms with Gasteiger partial charge >= 0.3 is 0 Å². The molecule has 6 heteroatoms. The third-order valence-electron chi connectivity index (χ3n) is 3.83. The number of amides is 2. The molecule has 24 heavy (non-hydrogen) atoms. The van der Waals surface area contributed by atoms with E-state index in [2.05, 4.69) is 10.6 Å². The number of nitrogens with one attached hydrogen (secondary N) is 2. The minimum Gasteiger partial charge on any atom is -0.453 e. The van der Waals surface area contributed by atoms with Gasteiger partial charge < -0.3 is 19.8 Å². The number of hydrogen-bond donors (Lipinski definition) is 2. The van der Waals surface area contributed by atoms with Crippen molar-refractivity contribution in [3.8, 4) is 0 Å². The van der Waals surface area contributed by atoms with Crippen molar-refractivity contribution < 1.29 is 18.7 Å². The van der Waals surface area contributed by atoms with Gasteiger partial charge in [0.15, 0.2) is 5.76 Å². The summed E-state index contributed by atoms with van der Waals surface area (Å²) in [7, 11) is 1.56. The number of aryl methyl sites for hydroxylation is 1. The van der Waals surface area contributed by atoms with Crippen molar-refractivity contribution in [3.05, 3.63) is 53.0 Å². The maximum atomic E-state index is 12.3. The van der Waals surface area contributed by atoms with Crippen molar-refractivity contribution in [1.82, 2.24) is 5.32 Å². The molecule has 0 spiro atoms. The summed E-state index contributed by atoms with van der Waals surface area (Å²) in [6.45, 7) is 2.18. The zero-order valence-corrected chi connectivity index (χ0v) is 13.7. The molecule has 1 aliphatic rings. The molecule has 1 heterocycles. The minimum atomic E-state index is -0.361. The summed E-state index contributed by atoms with van der Waals surface area (Å²) in [4.78, 5) is 24.4. The van der Waals surface area contributed by atoms with Gasteiger partial charge in [-0.25, -0.2) is 0 Å². The van der Waals surface area contributed by atoms with Crippen LogP contribution in [-0.4, -0.2) is 25.0 Å². The first-order chi connectivity index (χ1) is 11.6. The Morgan fingerprint density at radius 2 is 2.00 bits per heavy atom. The molecular weight excluding hydrogens is 308 g/mol. The Labute approximate surface area is 140 Å². The fourth-order valence-electron chi connectivity index (χ4n) is 2.30. The topological polar surface area (TPSA) is 80.6 Å². The second-order valence-electron chi connectivity index (χ2n) is 5.93. The minimum absolute atomic E-state index is 0.117. The molecule has 0 aliphatic heterocycles. The van der Waals surface area contributed by atoms with Gasteiger partial charge in [-0.2, -0.15) is 0 Å². The SMILES string of the molecule is COCc1ccc(C(=O)Nc2cc(C(=O)NC3CC3)ccc2C)o1. The van der Waals surface area contributed by atoms with Crippen LogP contribution < -0.4 is 10.6 Å². The van der Waals surface area contributed by atoms with Gasteiger partial charge in [0.05, 0.1) is 0 Å². The molecule has 1 aromatic heterocycles. The Morgan fingerprint density at radius 3 is 2.71 bits per heavy atom. The quantitative estimate of drug-likeness (QED) is 0.854. The Kier molecular flexibility index (Phi) is 4.66. The molecule has 2 N–H and O–H groups in total. The molecule has 2 aromatic rings. The average Bonchev–Trinajstić information content (AvgIpc) is 3.24. The summed E-state index contributed by atoms with van der Waals surface area (Å²) in [5.41, 5.74) is 1.99. The van der Waals surface area contributed by atoms with E-state index >= 15 is 0 Å². The number of hydrogen-bond acceptors (Lipinski definition) is 4. The lowest BCUT2D eigenvalue weighted by atomic mass is 10.1. The normalized spacial score (nSPS) is 13.6. The average molecular weight is 328 g/mol. The Bertz CT molecular complexity index is 762. The van der Waals surface area contributed by atoms with E-state index in [1.807, 2.05) is 13.0 Å². The smallest absolute Gasteiger partial charge is 0.291 e. The van der Waals surface area contributed by atoms with E-state index in [1.54, 1.807) is 31.4 Å². The second-order valence-corrected chi connectivity index (χ2v) is 5.93. The molecule has 0 radical (unpaired) electrons. The highest BCUT2D eigenvalue weighted by Crippen LogP contribution is 2.22. The van der Waals surface area contributed by atoms with Gasteiger partial charge in [-0.3, -0.25) is 9.59 Å². The highest BCUT2D eigenvalue weighted by atomic mass is 16.5. The van der Waals surface area contributed by atoms with E-state index in [9.17, 15) is 9.59 Å². The lowest BCUT2D eigenvalue weighted by molar-refractivity contribution is 0.0948. The number of carbonyl (C=O) groups is 2. The number of rotatable bonds is 6. The summed E-state index contributed by atoms with van der Waals surface area (Å²) >= 11 is 0. The van der Waals surface area contributed by atoms with E-state index in [4.69, 9.17) is 9.15 Å². The first-order valence-corrected chi connectivity index (χ1v) is 7.87. The number of ether oxygens (including phenoxy) is 1. The molecule has 1 aliphatic carbocycles. The molecule has 0 bridgehead atoms. The Hall–Kier alpha value is -2.60. The molecule has 1 aromatic carbocycles. The van der Waals surface area contributed by atoms with Gasteiger partial charge in [-0.15, -0.1) is 0 Å². The van der Waals surface area contributed by atoms with Gasteiger partial charge in [0, 0.05) is 24.4 Å². The van der Waals surface area contributed by atoms with Crippen molar-refractivity contribution in [2.24, 2.45) is 0 Å². The van der Waals surface area contributed by atoms with Gasteiger partial charge in [0.25, 0.3) is 11.8 Å². The molecule has 1 fully saturated rings. The number of carbonyl (C=O) groups excluding carboxylic acids is 2. The maximum absolute atomic E-state index is 12.3. The molecule has 2 amide bonds. The van der Waals surface area contributed by atoms with Crippen LogP contribution in [0.3, 0.4) is 0 Å². The first kappa shape index (κ1) is 16.3. The molecular formula is C18H20N2O4. The van der Waals surface area contributed by atoms with Crippen LogP contribution in [0.25, 0.3) is 0 Å². The van der Waals surface area contributed by atoms with E-state index in [1.165, 1.54) is 0 Å². The molecule has 0 saturated heterocycles. The van der Waals surface area contributed by atoms with Crippen LogP contribution in [0.5, 0.6) is 0 Å². The van der Waals surface area contributed by atoms with E-state index in [0.717, 1.165) is 18.4 Å². The number of furan rings is 1. The van der Waals surface area contributed by atoms with E-state index in [-0.39, 0.29) is 17.6 Å². The molecule has 0 atom stereocenters. The van der Waals surface area contributed by atoms with Crippen molar-refractivity contribution in [2.75, 3.05) is 12.4 Å². The fraction of sp³-hybridized carbons (Fsp3) is 0.333. The predicted molar refractivity (Wildman–Crippen MR) is 89.0 cm³/mol. The monoisotopic (exact) mass is 328 g/mol. The summed E-state index contributed by atoms with van der Waals surface area (Å²) in [6.07, 6.45) is 2.06. The number of benzene rings is 1. The highest BCUT2D eigenvalue weighted by molar-refractivity contribution is 6.04. The summed E-state index contributed by atoms with van der Waals surface area (Å²) in [5, 5.41) is 5.73. The largest absolute Gasteiger partial charge is 0.453 e. The second kappa shape index (κ2) is 6.88. The van der Waals surface area contributed by atoms with Crippen LogP contribution in [0.4, 0.5) is 5.69 Å². The lowest BCUT2D eigenvalue weighted by Crippen LogP contribution is -2.25. The fourth-order valence-corrected chi connectivity index (χ4v) is 2.30. The Balaban J connectivity index is 1.72. The van der Waals surface area contributed by atoms with Crippen LogP contribution in [-0.2, 0) is 11.3 Å². The third kappa shape index (κ3) is 3.83. The van der Waals surface area contributed by atoms with Crippen LogP contribution in [0.1, 0.15) is 45.1 Å². The van der Waals surface area contributed by atoms with Gasteiger partial charge in [0.2, 0.25) is 0 Å². The van der Waals surface area contributed by atoms with Crippen LogP contribution in [0, 0.1) is 6.92 Å². The van der Waals surface area contributed by atoms with E-state index in [0.29, 0.717) is 29.7 Å². The van der Waals surface area contributed by atoms with Crippen LogP contribution >= 0.6 is 0 Å². The number of methoxy groups -OCH3 is 1. The summed E-state index contributed by atoms with van der Waals surface area (Å²) in [5.74, 6) is 0.305. The van der Waals surface area contributed by atoms with Gasteiger partial charge in [-0.1, -0.05) is 6.07 Å². The first-order valence-electron chi connectivity index (χ1n) is 7.87. The zero-order chi connectivity index (χ0) is 17.1. The molecule has 6 nitrogen and oxygen atoms in total. The molecule has 1 saturated carbocycles. The highest BCUT2D eigenvalue weighted by Gasteiger charge is 2.24. The lowest BCUT2D eigenvalue weighted by Gasteiger charge is -2.10. The van der Waals surface area contributed by atoms with E-state index < -0.39 is 0 Å². The van der Waals surface area contributed by atoms with Crippen LogP contribution in [0.2, 0.25) is 0 Å². The number of anilines is 1. The maximum Gasteiger partial charge on any atom is 0.291 e. The third-order valence-corrected chi connectivity index (χ3v) is 3.83. The molecule has 126 valence electrons. The standard InChI is InChI=1S/C18H20N2O4/c1-11-3-4-12(17(21)19-13-5-6-13)9-15(11)20-18(22)16-8-7-14(24-16)10-23-2/h3-4,7-9,13H,5-6,10H2,1-2H3,(H,19,21)(H,20,22). The summed E-state index contributed by atoms with van der Waals surface area (Å²) < 4.78 is 10.4. The van der Waals surface area contributed by atoms with Gasteiger partial charge in [0.1, 0.15) is 12.4 Å². The van der Waals surface area contributed by atoms with Crippen molar-refractivity contribution in [1.29, 1.82) is 0 Å². The summed E-state index contributed by atoms with van der Waals surface area (Å²) in [6, 6.07) is 8.85. The molecule has 3 rings (SSSR count). The van der Waals surface area contributed by atoms with Crippen LogP contribution in [0.15, 0.2) is 34.7 Å².